The smallest absolute Gasteiger partial charge is 0.307 e. The first-order valence-electron chi connectivity index (χ1n) is 7.82. The Hall–Kier alpha value is -2.88. The number of benzene rings is 1. The molecule has 0 radical (unpaired) electrons. The molecule has 136 valence electrons. The molecule has 0 unspecified atom stereocenters. The van der Waals surface area contributed by atoms with Crippen molar-refractivity contribution in [3.8, 4) is 5.75 Å². The van der Waals surface area contributed by atoms with E-state index in [9.17, 15) is 10.1 Å². The monoisotopic (exact) mass is 374 g/mol. The molecule has 10 heteroatoms. The summed E-state index contributed by atoms with van der Waals surface area (Å²) in [5, 5.41) is 23.6. The van der Waals surface area contributed by atoms with Gasteiger partial charge in [0.2, 0.25) is 0 Å². The Kier molecular flexibility index (Phi) is 5.21. The molecule has 0 spiro atoms. The van der Waals surface area contributed by atoms with Gasteiger partial charge in [0.1, 0.15) is 24.8 Å². The maximum atomic E-state index is 10.7. The minimum atomic E-state index is -0.473. The highest BCUT2D eigenvalue weighted by Gasteiger charge is 2.13. The van der Waals surface area contributed by atoms with Gasteiger partial charge in [0, 0.05) is 7.05 Å². The van der Waals surface area contributed by atoms with Crippen LogP contribution in [0.15, 0.2) is 35.7 Å². The summed E-state index contributed by atoms with van der Waals surface area (Å²) in [6.07, 6.45) is 2.61. The topological polar surface area (TPSA) is 101 Å². The Morgan fingerprint density at radius 2 is 2.12 bits per heavy atom. The lowest BCUT2D eigenvalue weighted by molar-refractivity contribution is -0.385. The second kappa shape index (κ2) is 7.56. The number of rotatable bonds is 7. The van der Waals surface area contributed by atoms with Gasteiger partial charge in [-0.3, -0.25) is 14.8 Å². The van der Waals surface area contributed by atoms with Crippen molar-refractivity contribution in [1.29, 1.82) is 0 Å². The zero-order valence-electron chi connectivity index (χ0n) is 14.6. The summed E-state index contributed by atoms with van der Waals surface area (Å²) in [5.74, 6) is 1.92. The van der Waals surface area contributed by atoms with Crippen LogP contribution in [0, 0.1) is 24.0 Å². The lowest BCUT2D eigenvalue weighted by atomic mass is 10.1. The molecule has 3 aromatic rings. The Bertz CT molecular complexity index is 936. The summed E-state index contributed by atoms with van der Waals surface area (Å²) >= 11 is 1.38. The Balaban J connectivity index is 1.62. The molecule has 9 nitrogen and oxygen atoms in total. The highest BCUT2D eigenvalue weighted by Crippen LogP contribution is 2.22. The van der Waals surface area contributed by atoms with Crippen molar-refractivity contribution in [3.63, 3.8) is 0 Å². The predicted octanol–water partition coefficient (Wildman–Crippen LogP) is 2.87. The van der Waals surface area contributed by atoms with Gasteiger partial charge in [-0.1, -0.05) is 23.9 Å². The van der Waals surface area contributed by atoms with Crippen molar-refractivity contribution in [2.45, 2.75) is 31.5 Å². The lowest BCUT2D eigenvalue weighted by Gasteiger charge is -2.09. The van der Waals surface area contributed by atoms with Crippen molar-refractivity contribution in [3.05, 3.63) is 57.7 Å². The minimum absolute atomic E-state index is 0.0359. The molecule has 0 atom stereocenters. The minimum Gasteiger partial charge on any atom is -0.485 e. The fourth-order valence-corrected chi connectivity index (χ4v) is 3.03. The molecule has 0 saturated heterocycles. The largest absolute Gasteiger partial charge is 0.485 e. The third-order valence-electron chi connectivity index (χ3n) is 3.78. The normalized spacial score (nSPS) is 10.9. The van der Waals surface area contributed by atoms with Crippen molar-refractivity contribution in [2.24, 2.45) is 7.05 Å². The van der Waals surface area contributed by atoms with Gasteiger partial charge in [-0.15, -0.1) is 10.2 Å². The standard InChI is InChI=1S/C16H18N6O3S/c1-11-4-5-12(2)14(6-11)25-9-15-18-19-16(20(15)3)26-10-21-8-13(7-17-21)22(23)24/h4-8H,9-10H2,1-3H3. The molecule has 2 heterocycles. The summed E-state index contributed by atoms with van der Waals surface area (Å²) < 4.78 is 9.20. The zero-order chi connectivity index (χ0) is 18.7. The Labute approximate surface area is 154 Å². The third-order valence-corrected chi connectivity index (χ3v) is 4.79. The van der Waals surface area contributed by atoms with Gasteiger partial charge < -0.3 is 9.30 Å². The fraction of sp³-hybridized carbons (Fsp3) is 0.312. The van der Waals surface area contributed by atoms with Crippen LogP contribution in [0.4, 0.5) is 5.69 Å². The first kappa shape index (κ1) is 17.9. The van der Waals surface area contributed by atoms with E-state index >= 15 is 0 Å². The van der Waals surface area contributed by atoms with E-state index in [1.807, 2.05) is 43.7 Å². The predicted molar refractivity (Wildman–Crippen MR) is 96.0 cm³/mol. The number of nitro groups is 1. The summed E-state index contributed by atoms with van der Waals surface area (Å²) in [6.45, 7) is 4.32. The van der Waals surface area contributed by atoms with Gasteiger partial charge >= 0.3 is 5.69 Å². The molecule has 3 rings (SSSR count). The van der Waals surface area contributed by atoms with Crippen molar-refractivity contribution < 1.29 is 9.66 Å². The van der Waals surface area contributed by atoms with Crippen LogP contribution in [0.2, 0.25) is 0 Å². The number of hydrogen-bond donors (Lipinski definition) is 0. The Morgan fingerprint density at radius 3 is 2.85 bits per heavy atom. The van der Waals surface area contributed by atoms with Gasteiger partial charge in [0.05, 0.1) is 10.8 Å². The van der Waals surface area contributed by atoms with Crippen LogP contribution >= 0.6 is 11.8 Å². The van der Waals surface area contributed by atoms with Crippen molar-refractivity contribution in [2.75, 3.05) is 0 Å². The summed E-state index contributed by atoms with van der Waals surface area (Å²) in [7, 11) is 1.86. The molecule has 1 aromatic carbocycles. The highest BCUT2D eigenvalue weighted by atomic mass is 32.2. The zero-order valence-corrected chi connectivity index (χ0v) is 15.4. The van der Waals surface area contributed by atoms with E-state index < -0.39 is 4.92 Å². The summed E-state index contributed by atoms with van der Waals surface area (Å²) in [4.78, 5) is 10.2. The molecule has 26 heavy (non-hydrogen) atoms. The average molecular weight is 374 g/mol. The van der Waals surface area contributed by atoms with Crippen molar-refractivity contribution >= 4 is 17.4 Å². The number of hydrogen-bond acceptors (Lipinski definition) is 7. The number of aryl methyl sites for hydroxylation is 2. The second-order valence-corrected chi connectivity index (χ2v) is 6.70. The number of ether oxygens (including phenoxy) is 1. The van der Waals surface area contributed by atoms with Crippen molar-refractivity contribution in [1.82, 2.24) is 24.5 Å². The maximum Gasteiger partial charge on any atom is 0.307 e. The highest BCUT2D eigenvalue weighted by molar-refractivity contribution is 7.98. The number of aromatic nitrogens is 5. The van der Waals surface area contributed by atoms with E-state index in [0.29, 0.717) is 23.5 Å². The second-order valence-electron chi connectivity index (χ2n) is 5.78. The van der Waals surface area contributed by atoms with E-state index in [-0.39, 0.29) is 5.69 Å². The van der Waals surface area contributed by atoms with Gasteiger partial charge in [-0.25, -0.2) is 0 Å². The summed E-state index contributed by atoms with van der Waals surface area (Å²) in [6, 6.07) is 6.05. The third kappa shape index (κ3) is 4.02. The van der Waals surface area contributed by atoms with E-state index in [1.54, 1.807) is 0 Å². The van der Waals surface area contributed by atoms with Crippen LogP contribution in [0.1, 0.15) is 17.0 Å². The van der Waals surface area contributed by atoms with Gasteiger partial charge in [-0.2, -0.15) is 5.10 Å². The van der Waals surface area contributed by atoms with Crippen LogP contribution in [-0.2, 0) is 19.5 Å². The van der Waals surface area contributed by atoms with E-state index in [1.165, 1.54) is 28.8 Å². The maximum absolute atomic E-state index is 10.7. The van der Waals surface area contributed by atoms with E-state index in [0.717, 1.165) is 16.9 Å². The molecular formula is C16H18N6O3S. The molecule has 0 bridgehead atoms. The average Bonchev–Trinajstić information content (AvgIpc) is 3.21. The van der Waals surface area contributed by atoms with Crippen LogP contribution < -0.4 is 4.74 Å². The van der Waals surface area contributed by atoms with E-state index in [4.69, 9.17) is 4.74 Å². The van der Waals surface area contributed by atoms with Gasteiger partial charge in [0.15, 0.2) is 11.0 Å². The summed E-state index contributed by atoms with van der Waals surface area (Å²) in [5.41, 5.74) is 2.16. The molecule has 2 aromatic heterocycles. The Morgan fingerprint density at radius 1 is 1.31 bits per heavy atom. The SMILES string of the molecule is Cc1ccc(C)c(OCc2nnc(SCn3cc([N+](=O)[O-])cn3)n2C)c1. The van der Waals surface area contributed by atoms with E-state index in [2.05, 4.69) is 15.3 Å². The molecule has 0 N–H and O–H groups in total. The quantitative estimate of drug-likeness (QED) is 0.356. The fourth-order valence-electron chi connectivity index (χ4n) is 2.24. The first-order valence-corrected chi connectivity index (χ1v) is 8.80. The number of nitrogens with zero attached hydrogens (tertiary/aromatic N) is 6. The first-order chi connectivity index (χ1) is 12.4. The molecule has 0 aliphatic carbocycles. The van der Waals surface area contributed by atoms with Crippen LogP contribution in [-0.4, -0.2) is 29.5 Å². The molecule has 0 fully saturated rings. The molecular weight excluding hydrogens is 356 g/mol. The van der Waals surface area contributed by atoms with Crippen LogP contribution in [0.5, 0.6) is 5.75 Å². The van der Waals surface area contributed by atoms with Crippen LogP contribution in [0.3, 0.4) is 0 Å². The number of thioether (sulfide) groups is 1. The molecule has 0 aliphatic heterocycles. The lowest BCUT2D eigenvalue weighted by Crippen LogP contribution is -2.05. The molecule has 0 amide bonds. The van der Waals surface area contributed by atoms with Gasteiger partial charge in [0.25, 0.3) is 0 Å². The van der Waals surface area contributed by atoms with Crippen LogP contribution in [0.25, 0.3) is 0 Å². The molecule has 0 aliphatic rings. The molecule has 0 saturated carbocycles. The van der Waals surface area contributed by atoms with Gasteiger partial charge in [-0.05, 0) is 31.0 Å².